The monoisotopic (exact) mass is 366 g/mol. The molecule has 0 spiro atoms. The summed E-state index contributed by atoms with van der Waals surface area (Å²) in [7, 11) is 0. The summed E-state index contributed by atoms with van der Waals surface area (Å²) in [5.74, 6) is 0.384. The minimum atomic E-state index is -0.623. The fourth-order valence-corrected chi connectivity index (χ4v) is 3.26. The lowest BCUT2D eigenvalue weighted by atomic mass is 10.1. The highest BCUT2D eigenvalue weighted by molar-refractivity contribution is 6.04. The van der Waals surface area contributed by atoms with E-state index in [0.29, 0.717) is 23.4 Å². The van der Waals surface area contributed by atoms with Crippen LogP contribution in [0.25, 0.3) is 0 Å². The number of likely N-dealkylation sites (tertiary alicyclic amines) is 1. The maximum atomic E-state index is 12.8. The number of anilines is 1. The van der Waals surface area contributed by atoms with Gasteiger partial charge in [0.2, 0.25) is 0 Å². The van der Waals surface area contributed by atoms with Crippen LogP contribution in [0.15, 0.2) is 48.5 Å². The van der Waals surface area contributed by atoms with Crippen LogP contribution in [0.5, 0.6) is 5.75 Å². The number of para-hydroxylation sites is 1. The van der Waals surface area contributed by atoms with Gasteiger partial charge in [0.05, 0.1) is 11.3 Å². The highest BCUT2D eigenvalue weighted by atomic mass is 16.5. The normalized spacial score (nSPS) is 14.7. The molecule has 0 unspecified atom stereocenters. The van der Waals surface area contributed by atoms with Gasteiger partial charge < -0.3 is 15.0 Å². The molecule has 2 aromatic rings. The zero-order chi connectivity index (χ0) is 19.2. The molecule has 3 rings (SSSR count). The van der Waals surface area contributed by atoms with Crippen LogP contribution < -0.4 is 10.1 Å². The SMILES string of the molecule is CC[C@@H](Oc1cccc(C)c1)C(=O)Nc1ccccc1C(=O)N1CCCC1. The van der Waals surface area contributed by atoms with Crippen molar-refractivity contribution >= 4 is 17.5 Å². The van der Waals surface area contributed by atoms with E-state index in [1.54, 1.807) is 12.1 Å². The van der Waals surface area contributed by atoms with E-state index in [1.165, 1.54) is 0 Å². The van der Waals surface area contributed by atoms with Crippen molar-refractivity contribution in [1.29, 1.82) is 0 Å². The zero-order valence-corrected chi connectivity index (χ0v) is 15.9. The summed E-state index contributed by atoms with van der Waals surface area (Å²) in [6.07, 6.45) is 1.97. The van der Waals surface area contributed by atoms with Gasteiger partial charge in [-0.25, -0.2) is 0 Å². The number of hydrogen-bond donors (Lipinski definition) is 1. The molecule has 1 aliphatic rings. The molecule has 0 saturated carbocycles. The first-order valence-corrected chi connectivity index (χ1v) is 9.51. The molecule has 1 heterocycles. The molecule has 0 aromatic heterocycles. The van der Waals surface area contributed by atoms with E-state index < -0.39 is 6.10 Å². The molecule has 0 radical (unpaired) electrons. The Hall–Kier alpha value is -2.82. The van der Waals surface area contributed by atoms with Gasteiger partial charge in [-0.05, 0) is 56.0 Å². The van der Waals surface area contributed by atoms with Gasteiger partial charge in [0.15, 0.2) is 6.10 Å². The molecule has 1 saturated heterocycles. The number of rotatable bonds is 6. The van der Waals surface area contributed by atoms with Crippen LogP contribution >= 0.6 is 0 Å². The molecule has 2 amide bonds. The first kappa shape index (κ1) is 19.0. The maximum absolute atomic E-state index is 12.8. The summed E-state index contributed by atoms with van der Waals surface area (Å²) in [6, 6.07) is 14.8. The highest BCUT2D eigenvalue weighted by Gasteiger charge is 2.24. The number of amides is 2. The molecule has 0 bridgehead atoms. The van der Waals surface area contributed by atoms with Crippen LogP contribution in [-0.4, -0.2) is 35.9 Å². The lowest BCUT2D eigenvalue weighted by Crippen LogP contribution is -2.34. The second kappa shape index (κ2) is 8.71. The van der Waals surface area contributed by atoms with Crippen LogP contribution in [-0.2, 0) is 4.79 Å². The van der Waals surface area contributed by atoms with Gasteiger partial charge in [-0.3, -0.25) is 9.59 Å². The van der Waals surface area contributed by atoms with Gasteiger partial charge in [0.1, 0.15) is 5.75 Å². The van der Waals surface area contributed by atoms with E-state index in [1.807, 2.05) is 55.1 Å². The number of benzene rings is 2. The Kier molecular flexibility index (Phi) is 6.12. The van der Waals surface area contributed by atoms with Gasteiger partial charge in [-0.1, -0.05) is 31.2 Å². The molecule has 0 aliphatic carbocycles. The maximum Gasteiger partial charge on any atom is 0.265 e. The molecule has 1 aliphatic heterocycles. The summed E-state index contributed by atoms with van der Waals surface area (Å²) in [6.45, 7) is 5.43. The summed E-state index contributed by atoms with van der Waals surface area (Å²) >= 11 is 0. The van der Waals surface area contributed by atoms with E-state index >= 15 is 0 Å². The Morgan fingerprint density at radius 1 is 1.11 bits per heavy atom. The average molecular weight is 366 g/mol. The van der Waals surface area contributed by atoms with Crippen molar-refractivity contribution in [2.45, 2.75) is 39.2 Å². The number of aryl methyl sites for hydroxylation is 1. The summed E-state index contributed by atoms with van der Waals surface area (Å²) in [5, 5.41) is 2.89. The molecule has 142 valence electrons. The van der Waals surface area contributed by atoms with Crippen molar-refractivity contribution < 1.29 is 14.3 Å². The van der Waals surface area contributed by atoms with Gasteiger partial charge in [-0.15, -0.1) is 0 Å². The Balaban J connectivity index is 1.73. The van der Waals surface area contributed by atoms with Crippen molar-refractivity contribution in [3.63, 3.8) is 0 Å². The first-order valence-electron chi connectivity index (χ1n) is 9.51. The Labute approximate surface area is 160 Å². The van der Waals surface area contributed by atoms with E-state index in [-0.39, 0.29) is 11.8 Å². The minimum Gasteiger partial charge on any atom is -0.481 e. The number of ether oxygens (including phenoxy) is 1. The van der Waals surface area contributed by atoms with Crippen LogP contribution in [0.1, 0.15) is 42.1 Å². The molecule has 5 nitrogen and oxygen atoms in total. The minimum absolute atomic E-state index is 0.0314. The number of nitrogens with one attached hydrogen (secondary N) is 1. The summed E-state index contributed by atoms with van der Waals surface area (Å²) < 4.78 is 5.87. The predicted molar refractivity (Wildman–Crippen MR) is 106 cm³/mol. The summed E-state index contributed by atoms with van der Waals surface area (Å²) in [4.78, 5) is 27.4. The first-order chi connectivity index (χ1) is 13.1. The van der Waals surface area contributed by atoms with Crippen molar-refractivity contribution in [2.24, 2.45) is 0 Å². The van der Waals surface area contributed by atoms with Crippen LogP contribution in [0.2, 0.25) is 0 Å². The van der Waals surface area contributed by atoms with Crippen molar-refractivity contribution in [1.82, 2.24) is 4.90 Å². The number of hydrogen-bond acceptors (Lipinski definition) is 3. The largest absolute Gasteiger partial charge is 0.481 e. The fourth-order valence-electron chi connectivity index (χ4n) is 3.26. The second-order valence-electron chi connectivity index (χ2n) is 6.87. The topological polar surface area (TPSA) is 58.6 Å². The van der Waals surface area contributed by atoms with Crippen LogP contribution in [0, 0.1) is 6.92 Å². The Morgan fingerprint density at radius 3 is 2.56 bits per heavy atom. The van der Waals surface area contributed by atoms with Gasteiger partial charge in [0, 0.05) is 13.1 Å². The third kappa shape index (κ3) is 4.67. The molecule has 1 fully saturated rings. The molecule has 1 N–H and O–H groups in total. The van der Waals surface area contributed by atoms with Crippen molar-refractivity contribution in [3.05, 3.63) is 59.7 Å². The number of carbonyl (C=O) groups excluding carboxylic acids is 2. The lowest BCUT2D eigenvalue weighted by Gasteiger charge is -2.20. The molecule has 2 aromatic carbocycles. The number of carbonyl (C=O) groups is 2. The average Bonchev–Trinajstić information content (AvgIpc) is 3.21. The zero-order valence-electron chi connectivity index (χ0n) is 15.9. The fraction of sp³-hybridized carbons (Fsp3) is 0.364. The van der Waals surface area contributed by atoms with Crippen molar-refractivity contribution in [3.8, 4) is 5.75 Å². The third-order valence-corrected chi connectivity index (χ3v) is 4.74. The standard InChI is InChI=1S/C22H26N2O3/c1-3-20(27-17-10-8-9-16(2)15-17)21(25)23-19-12-5-4-11-18(19)22(26)24-13-6-7-14-24/h4-5,8-12,15,20H,3,6-7,13-14H2,1-2H3,(H,23,25)/t20-/m1/s1. The Bertz CT molecular complexity index is 813. The Morgan fingerprint density at radius 2 is 1.85 bits per heavy atom. The second-order valence-corrected chi connectivity index (χ2v) is 6.87. The van der Waals surface area contributed by atoms with Crippen molar-refractivity contribution in [2.75, 3.05) is 18.4 Å². The van der Waals surface area contributed by atoms with Gasteiger partial charge >= 0.3 is 0 Å². The molecular weight excluding hydrogens is 340 g/mol. The third-order valence-electron chi connectivity index (χ3n) is 4.74. The van der Waals surface area contributed by atoms with E-state index in [9.17, 15) is 9.59 Å². The molecular formula is C22H26N2O3. The van der Waals surface area contributed by atoms with E-state index in [4.69, 9.17) is 4.74 Å². The molecule has 1 atom stereocenters. The summed E-state index contributed by atoms with van der Waals surface area (Å²) in [5.41, 5.74) is 2.13. The number of nitrogens with zero attached hydrogens (tertiary/aromatic N) is 1. The lowest BCUT2D eigenvalue weighted by molar-refractivity contribution is -0.122. The quantitative estimate of drug-likeness (QED) is 0.840. The molecule has 27 heavy (non-hydrogen) atoms. The van der Waals surface area contributed by atoms with E-state index in [2.05, 4.69) is 5.32 Å². The molecule has 5 heteroatoms. The van der Waals surface area contributed by atoms with Gasteiger partial charge in [-0.2, -0.15) is 0 Å². The highest BCUT2D eigenvalue weighted by Crippen LogP contribution is 2.21. The van der Waals surface area contributed by atoms with Crippen LogP contribution in [0.4, 0.5) is 5.69 Å². The smallest absolute Gasteiger partial charge is 0.265 e. The van der Waals surface area contributed by atoms with Crippen LogP contribution in [0.3, 0.4) is 0 Å². The predicted octanol–water partition coefficient (Wildman–Crippen LogP) is 4.03. The van der Waals surface area contributed by atoms with Gasteiger partial charge in [0.25, 0.3) is 11.8 Å². The van der Waals surface area contributed by atoms with E-state index in [0.717, 1.165) is 31.5 Å².